The van der Waals surface area contributed by atoms with Crippen LogP contribution in [-0.2, 0) is 16.1 Å². The Morgan fingerprint density at radius 2 is 2.12 bits per heavy atom. The Balaban J connectivity index is 1.78. The third-order valence-electron chi connectivity index (χ3n) is 4.44. The van der Waals surface area contributed by atoms with E-state index in [2.05, 4.69) is 15.5 Å². The molecule has 1 fully saturated rings. The van der Waals surface area contributed by atoms with Gasteiger partial charge in [0, 0.05) is 26.2 Å². The number of hydrogen-bond donors (Lipinski definition) is 1. The van der Waals surface area contributed by atoms with E-state index in [1.807, 2.05) is 13.8 Å². The smallest absolute Gasteiger partial charge is 0.287 e. The second-order valence-electron chi connectivity index (χ2n) is 6.75. The molecule has 3 heterocycles. The van der Waals surface area contributed by atoms with Crippen LogP contribution in [0.3, 0.4) is 0 Å². The summed E-state index contributed by atoms with van der Waals surface area (Å²) in [5.74, 6) is 1.90. The first-order valence-electron chi connectivity index (χ1n) is 8.88. The van der Waals surface area contributed by atoms with E-state index in [0.717, 1.165) is 12.8 Å². The molecular formula is C18H25N3O5. The standard InChI is InChI=1S/C18H25N3O5/c1-11(2)16-20-18(26-21-16)15(12-6-8-24-9-7-12)19-17(22)14-5-4-13(25-14)10-23-3/h4-5,11-12,15H,6-10H2,1-3H3,(H,19,22)/t15-/m1/s1. The van der Waals surface area contributed by atoms with Crippen molar-refractivity contribution in [2.75, 3.05) is 20.3 Å². The lowest BCUT2D eigenvalue weighted by Gasteiger charge is -2.28. The zero-order valence-corrected chi connectivity index (χ0v) is 15.4. The SMILES string of the molecule is COCc1ccc(C(=O)N[C@@H](c2nc(C(C)C)no2)C2CCOCC2)o1. The molecule has 1 aliphatic heterocycles. The van der Waals surface area contributed by atoms with Crippen molar-refractivity contribution in [3.05, 3.63) is 35.4 Å². The van der Waals surface area contributed by atoms with Crippen molar-refractivity contribution in [3.8, 4) is 0 Å². The van der Waals surface area contributed by atoms with Crippen LogP contribution < -0.4 is 5.32 Å². The lowest BCUT2D eigenvalue weighted by molar-refractivity contribution is 0.0462. The molecule has 8 nitrogen and oxygen atoms in total. The number of rotatable bonds is 7. The summed E-state index contributed by atoms with van der Waals surface area (Å²) in [7, 11) is 1.57. The van der Waals surface area contributed by atoms with E-state index in [0.29, 0.717) is 37.3 Å². The summed E-state index contributed by atoms with van der Waals surface area (Å²) in [5.41, 5.74) is 0. The Bertz CT molecular complexity index is 718. The fourth-order valence-corrected chi connectivity index (χ4v) is 2.97. The molecule has 1 aliphatic rings. The van der Waals surface area contributed by atoms with Crippen LogP contribution in [0.1, 0.15) is 66.7 Å². The minimum absolute atomic E-state index is 0.153. The van der Waals surface area contributed by atoms with Crippen LogP contribution in [0.15, 0.2) is 21.1 Å². The second kappa shape index (κ2) is 8.46. The molecular weight excluding hydrogens is 338 g/mol. The molecule has 1 saturated heterocycles. The monoisotopic (exact) mass is 363 g/mol. The quantitative estimate of drug-likeness (QED) is 0.807. The Morgan fingerprint density at radius 1 is 1.35 bits per heavy atom. The van der Waals surface area contributed by atoms with Gasteiger partial charge in [-0.15, -0.1) is 0 Å². The third kappa shape index (κ3) is 4.31. The van der Waals surface area contributed by atoms with E-state index in [9.17, 15) is 4.79 Å². The van der Waals surface area contributed by atoms with Crippen molar-refractivity contribution >= 4 is 5.91 Å². The molecule has 8 heteroatoms. The van der Waals surface area contributed by atoms with Gasteiger partial charge in [-0.2, -0.15) is 4.98 Å². The van der Waals surface area contributed by atoms with Crippen LogP contribution in [0.25, 0.3) is 0 Å². The molecule has 1 atom stereocenters. The zero-order chi connectivity index (χ0) is 18.5. The van der Waals surface area contributed by atoms with Crippen LogP contribution in [0, 0.1) is 5.92 Å². The highest BCUT2D eigenvalue weighted by molar-refractivity contribution is 5.91. The summed E-state index contributed by atoms with van der Waals surface area (Å²) in [6.45, 7) is 5.62. The highest BCUT2D eigenvalue weighted by Crippen LogP contribution is 2.30. The summed E-state index contributed by atoms with van der Waals surface area (Å²) >= 11 is 0. The number of hydrogen-bond acceptors (Lipinski definition) is 7. The molecule has 0 saturated carbocycles. The molecule has 0 unspecified atom stereocenters. The fraction of sp³-hybridized carbons (Fsp3) is 0.611. The molecule has 1 amide bonds. The van der Waals surface area contributed by atoms with E-state index < -0.39 is 0 Å². The minimum atomic E-state index is -0.373. The average molecular weight is 363 g/mol. The number of aromatic nitrogens is 2. The Morgan fingerprint density at radius 3 is 2.77 bits per heavy atom. The summed E-state index contributed by atoms with van der Waals surface area (Å²) in [4.78, 5) is 17.1. The number of nitrogens with one attached hydrogen (secondary N) is 1. The fourth-order valence-electron chi connectivity index (χ4n) is 2.97. The largest absolute Gasteiger partial charge is 0.453 e. The number of nitrogens with zero attached hydrogens (tertiary/aromatic N) is 2. The highest BCUT2D eigenvalue weighted by atomic mass is 16.5. The van der Waals surface area contributed by atoms with Crippen molar-refractivity contribution < 1.29 is 23.2 Å². The summed E-state index contributed by atoms with van der Waals surface area (Å²) in [6.07, 6.45) is 1.63. The Labute approximate surface area is 152 Å². The summed E-state index contributed by atoms with van der Waals surface area (Å²) in [5, 5.41) is 7.03. The Hall–Kier alpha value is -2.19. The maximum absolute atomic E-state index is 12.7. The number of ether oxygens (including phenoxy) is 2. The number of furan rings is 1. The zero-order valence-electron chi connectivity index (χ0n) is 15.4. The summed E-state index contributed by atoms with van der Waals surface area (Å²) < 4.78 is 21.4. The molecule has 2 aromatic rings. The van der Waals surface area contributed by atoms with E-state index in [1.54, 1.807) is 19.2 Å². The highest BCUT2D eigenvalue weighted by Gasteiger charge is 2.32. The average Bonchev–Trinajstić information content (AvgIpc) is 3.30. The van der Waals surface area contributed by atoms with Gasteiger partial charge in [-0.25, -0.2) is 0 Å². The number of carbonyl (C=O) groups is 1. The molecule has 0 aliphatic carbocycles. The molecule has 0 bridgehead atoms. The van der Waals surface area contributed by atoms with Gasteiger partial charge in [-0.1, -0.05) is 19.0 Å². The van der Waals surface area contributed by atoms with Gasteiger partial charge in [0.2, 0.25) is 5.89 Å². The summed E-state index contributed by atoms with van der Waals surface area (Å²) in [6, 6.07) is 2.99. The minimum Gasteiger partial charge on any atom is -0.453 e. The first-order valence-corrected chi connectivity index (χ1v) is 8.88. The first kappa shape index (κ1) is 18.6. The van der Waals surface area contributed by atoms with Crippen LogP contribution in [0.2, 0.25) is 0 Å². The van der Waals surface area contributed by atoms with Gasteiger partial charge in [0.25, 0.3) is 5.91 Å². The van der Waals surface area contributed by atoms with Crippen molar-refractivity contribution in [1.29, 1.82) is 0 Å². The maximum atomic E-state index is 12.7. The second-order valence-corrected chi connectivity index (χ2v) is 6.75. The van der Waals surface area contributed by atoms with Crippen LogP contribution in [0.5, 0.6) is 0 Å². The predicted molar refractivity (Wildman–Crippen MR) is 91.6 cm³/mol. The van der Waals surface area contributed by atoms with E-state index in [-0.39, 0.29) is 29.5 Å². The van der Waals surface area contributed by atoms with E-state index in [1.165, 1.54) is 0 Å². The topological polar surface area (TPSA) is 99.6 Å². The molecule has 26 heavy (non-hydrogen) atoms. The number of amides is 1. The molecule has 0 spiro atoms. The third-order valence-corrected chi connectivity index (χ3v) is 4.44. The Kier molecular flexibility index (Phi) is 6.05. The van der Waals surface area contributed by atoms with Crippen LogP contribution >= 0.6 is 0 Å². The molecule has 142 valence electrons. The van der Waals surface area contributed by atoms with Crippen molar-refractivity contribution in [3.63, 3.8) is 0 Å². The van der Waals surface area contributed by atoms with Gasteiger partial charge in [-0.05, 0) is 30.9 Å². The normalized spacial score (nSPS) is 16.8. The first-order chi connectivity index (χ1) is 12.6. The van der Waals surface area contributed by atoms with Crippen LogP contribution in [-0.4, -0.2) is 36.4 Å². The van der Waals surface area contributed by atoms with Crippen molar-refractivity contribution in [1.82, 2.24) is 15.5 Å². The number of methoxy groups -OCH3 is 1. The number of carbonyl (C=O) groups excluding carboxylic acids is 1. The van der Waals surface area contributed by atoms with E-state index >= 15 is 0 Å². The van der Waals surface area contributed by atoms with Gasteiger partial charge in [0.1, 0.15) is 18.4 Å². The lowest BCUT2D eigenvalue weighted by atomic mass is 9.91. The van der Waals surface area contributed by atoms with Crippen LogP contribution in [0.4, 0.5) is 0 Å². The van der Waals surface area contributed by atoms with Gasteiger partial charge >= 0.3 is 0 Å². The molecule has 0 radical (unpaired) electrons. The van der Waals surface area contributed by atoms with Gasteiger partial charge in [0.05, 0.1) is 0 Å². The van der Waals surface area contributed by atoms with Gasteiger partial charge in [0.15, 0.2) is 11.6 Å². The molecule has 2 aromatic heterocycles. The van der Waals surface area contributed by atoms with Crippen molar-refractivity contribution in [2.24, 2.45) is 5.92 Å². The van der Waals surface area contributed by atoms with Gasteiger partial charge in [-0.3, -0.25) is 4.79 Å². The predicted octanol–water partition coefficient (Wildman–Crippen LogP) is 2.83. The maximum Gasteiger partial charge on any atom is 0.287 e. The van der Waals surface area contributed by atoms with E-state index in [4.69, 9.17) is 18.4 Å². The lowest BCUT2D eigenvalue weighted by Crippen LogP contribution is -2.36. The molecule has 0 aromatic carbocycles. The van der Waals surface area contributed by atoms with Gasteiger partial charge < -0.3 is 23.7 Å². The van der Waals surface area contributed by atoms with Crippen molar-refractivity contribution in [2.45, 2.75) is 45.3 Å². The molecule has 1 N–H and O–H groups in total. The molecule has 3 rings (SSSR count).